The van der Waals surface area contributed by atoms with Crippen molar-refractivity contribution in [3.05, 3.63) is 38.8 Å². The highest BCUT2D eigenvalue weighted by Crippen LogP contribution is 2.28. The topological polar surface area (TPSA) is 59.1 Å². The number of sulfone groups is 1. The Bertz CT molecular complexity index is 730. The lowest BCUT2D eigenvalue weighted by Gasteiger charge is -2.12. The van der Waals surface area contributed by atoms with Crippen molar-refractivity contribution in [1.29, 1.82) is 0 Å². The molecule has 0 saturated heterocycles. The van der Waals surface area contributed by atoms with Crippen LogP contribution in [0.5, 0.6) is 0 Å². The number of rotatable bonds is 6. The quantitative estimate of drug-likeness (QED) is 0.832. The summed E-state index contributed by atoms with van der Waals surface area (Å²) in [5.41, 5.74) is 0.500. The summed E-state index contributed by atoms with van der Waals surface area (Å²) in [6, 6.07) is 4.74. The van der Waals surface area contributed by atoms with E-state index >= 15 is 0 Å². The molecule has 0 aliphatic carbocycles. The van der Waals surface area contributed by atoms with Crippen LogP contribution >= 0.6 is 34.5 Å². The van der Waals surface area contributed by atoms with E-state index in [4.69, 9.17) is 23.2 Å². The van der Waals surface area contributed by atoms with Crippen LogP contribution in [-0.4, -0.2) is 19.2 Å². The Labute approximate surface area is 138 Å². The van der Waals surface area contributed by atoms with Crippen molar-refractivity contribution >= 4 is 50.1 Å². The summed E-state index contributed by atoms with van der Waals surface area (Å²) < 4.78 is 25.0. The van der Waals surface area contributed by atoms with E-state index in [-0.39, 0.29) is 10.6 Å². The van der Waals surface area contributed by atoms with Gasteiger partial charge in [0.25, 0.3) is 0 Å². The minimum atomic E-state index is -3.32. The van der Waals surface area contributed by atoms with Crippen LogP contribution in [0, 0.1) is 0 Å². The number of aromatic nitrogens is 1. The van der Waals surface area contributed by atoms with Crippen LogP contribution in [0.3, 0.4) is 0 Å². The number of halogens is 2. The van der Waals surface area contributed by atoms with Crippen molar-refractivity contribution in [2.45, 2.75) is 24.8 Å². The highest BCUT2D eigenvalue weighted by Gasteiger charge is 2.18. The first-order chi connectivity index (χ1) is 9.92. The van der Waals surface area contributed by atoms with Crippen molar-refractivity contribution in [3.8, 4) is 0 Å². The first-order valence-corrected chi connectivity index (χ1v) is 9.51. The van der Waals surface area contributed by atoms with E-state index in [0.29, 0.717) is 28.1 Å². The van der Waals surface area contributed by atoms with Gasteiger partial charge in [-0.3, -0.25) is 0 Å². The van der Waals surface area contributed by atoms with E-state index in [9.17, 15) is 8.42 Å². The predicted molar refractivity (Wildman–Crippen MR) is 88.2 cm³/mol. The number of hydrogen-bond donors (Lipinski definition) is 1. The van der Waals surface area contributed by atoms with Gasteiger partial charge < -0.3 is 5.32 Å². The maximum atomic E-state index is 12.3. The lowest BCUT2D eigenvalue weighted by atomic mass is 10.3. The van der Waals surface area contributed by atoms with E-state index in [0.717, 1.165) is 4.88 Å². The van der Waals surface area contributed by atoms with Crippen molar-refractivity contribution in [3.63, 3.8) is 0 Å². The van der Waals surface area contributed by atoms with Gasteiger partial charge in [-0.15, -0.1) is 11.3 Å². The monoisotopic (exact) mass is 364 g/mol. The van der Waals surface area contributed by atoms with Crippen LogP contribution in [-0.2, 0) is 16.4 Å². The van der Waals surface area contributed by atoms with Gasteiger partial charge in [0.15, 0.2) is 14.3 Å². The van der Waals surface area contributed by atoms with Crippen LogP contribution in [0.25, 0.3) is 0 Å². The Morgan fingerprint density at radius 1 is 1.33 bits per heavy atom. The number of benzene rings is 1. The zero-order valence-corrected chi connectivity index (χ0v) is 14.4. The summed E-state index contributed by atoms with van der Waals surface area (Å²) >= 11 is 13.1. The third kappa shape index (κ3) is 4.32. The Morgan fingerprint density at radius 3 is 2.71 bits per heavy atom. The molecule has 8 heteroatoms. The molecule has 0 saturated carbocycles. The first kappa shape index (κ1) is 16.5. The van der Waals surface area contributed by atoms with Crippen LogP contribution in [0.1, 0.15) is 18.2 Å². The molecule has 0 radical (unpaired) electrons. The molecule has 0 aliphatic rings. The van der Waals surface area contributed by atoms with Gasteiger partial charge in [-0.2, -0.15) is 0 Å². The molecule has 2 rings (SSSR count). The molecular weight excluding hydrogens is 351 g/mol. The number of hydrogen-bond acceptors (Lipinski definition) is 5. The molecule has 0 fully saturated rings. The van der Waals surface area contributed by atoms with Crippen molar-refractivity contribution in [2.24, 2.45) is 0 Å². The van der Waals surface area contributed by atoms with Gasteiger partial charge in [0, 0.05) is 16.1 Å². The molecule has 21 heavy (non-hydrogen) atoms. The molecular formula is C13H14Cl2N2O2S2. The Kier molecular flexibility index (Phi) is 5.48. The van der Waals surface area contributed by atoms with Crippen LogP contribution in [0.15, 0.2) is 29.3 Å². The molecule has 1 N–H and O–H groups in total. The van der Waals surface area contributed by atoms with Gasteiger partial charge >= 0.3 is 0 Å². The van der Waals surface area contributed by atoms with Gasteiger partial charge in [0.2, 0.25) is 0 Å². The average Bonchev–Trinajstić information content (AvgIpc) is 2.82. The SMILES string of the molecule is CCCS(=O)(=O)c1ccc(Cl)cc1NCc1cnc(Cl)s1. The molecule has 2 aromatic rings. The molecule has 1 heterocycles. The smallest absolute Gasteiger partial charge is 0.183 e. The summed E-state index contributed by atoms with van der Waals surface area (Å²) in [6.07, 6.45) is 2.22. The maximum absolute atomic E-state index is 12.3. The highest BCUT2D eigenvalue weighted by molar-refractivity contribution is 7.91. The second-order valence-corrected chi connectivity index (χ2v) is 8.60. The Morgan fingerprint density at radius 2 is 2.10 bits per heavy atom. The van der Waals surface area contributed by atoms with E-state index < -0.39 is 9.84 Å². The summed E-state index contributed by atoms with van der Waals surface area (Å²) in [5, 5.41) is 3.58. The fourth-order valence-corrected chi connectivity index (χ4v) is 4.43. The second-order valence-electron chi connectivity index (χ2n) is 4.39. The van der Waals surface area contributed by atoms with E-state index in [1.807, 2.05) is 6.92 Å². The van der Waals surface area contributed by atoms with Crippen molar-refractivity contribution in [1.82, 2.24) is 4.98 Å². The minimum Gasteiger partial charge on any atom is -0.379 e. The van der Waals surface area contributed by atoms with Crippen LogP contribution in [0.4, 0.5) is 5.69 Å². The van der Waals surface area contributed by atoms with Gasteiger partial charge in [-0.1, -0.05) is 30.1 Å². The van der Waals surface area contributed by atoms with Gasteiger partial charge in [0.1, 0.15) is 0 Å². The van der Waals surface area contributed by atoms with Crippen LogP contribution < -0.4 is 5.32 Å². The zero-order chi connectivity index (χ0) is 15.5. The molecule has 0 unspecified atom stereocenters. The number of thiazole rings is 1. The van der Waals surface area contributed by atoms with E-state index in [1.54, 1.807) is 18.3 Å². The third-order valence-electron chi connectivity index (χ3n) is 2.73. The Hall–Kier alpha value is -0.820. The van der Waals surface area contributed by atoms with Gasteiger partial charge in [-0.25, -0.2) is 13.4 Å². The Balaban J connectivity index is 2.27. The fraction of sp³-hybridized carbons (Fsp3) is 0.308. The average molecular weight is 365 g/mol. The number of nitrogens with zero attached hydrogens (tertiary/aromatic N) is 1. The summed E-state index contributed by atoms with van der Waals surface area (Å²) in [7, 11) is -3.32. The molecule has 1 aromatic heterocycles. The van der Waals surface area contributed by atoms with Gasteiger partial charge in [0.05, 0.1) is 22.9 Å². The normalized spacial score (nSPS) is 11.6. The second kappa shape index (κ2) is 6.96. The highest BCUT2D eigenvalue weighted by atomic mass is 35.5. The molecule has 0 amide bonds. The maximum Gasteiger partial charge on any atom is 0.183 e. The van der Waals surface area contributed by atoms with E-state index in [2.05, 4.69) is 10.3 Å². The first-order valence-electron chi connectivity index (χ1n) is 6.29. The number of anilines is 1. The van der Waals surface area contributed by atoms with Crippen LogP contribution in [0.2, 0.25) is 9.49 Å². The lowest BCUT2D eigenvalue weighted by molar-refractivity contribution is 0.595. The fourth-order valence-electron chi connectivity index (χ4n) is 1.84. The molecule has 0 atom stereocenters. The van der Waals surface area contributed by atoms with Crippen molar-refractivity contribution < 1.29 is 8.42 Å². The van der Waals surface area contributed by atoms with Gasteiger partial charge in [-0.05, 0) is 24.6 Å². The largest absolute Gasteiger partial charge is 0.379 e. The summed E-state index contributed by atoms with van der Waals surface area (Å²) in [4.78, 5) is 5.13. The third-order valence-corrected chi connectivity index (χ3v) is 6.05. The standard InChI is InChI=1S/C13H14Cl2N2O2S2/c1-2-5-21(18,19)12-4-3-9(14)6-11(12)16-7-10-8-17-13(15)20-10/h3-4,6,8,16H,2,5,7H2,1H3. The molecule has 0 bridgehead atoms. The summed E-state index contributed by atoms with van der Waals surface area (Å²) in [6.45, 7) is 2.28. The zero-order valence-electron chi connectivity index (χ0n) is 11.3. The lowest BCUT2D eigenvalue weighted by Crippen LogP contribution is -2.10. The molecule has 0 spiro atoms. The minimum absolute atomic E-state index is 0.107. The molecule has 4 nitrogen and oxygen atoms in total. The molecule has 0 aliphatic heterocycles. The molecule has 114 valence electrons. The summed E-state index contributed by atoms with van der Waals surface area (Å²) in [5.74, 6) is 0.107. The number of nitrogens with one attached hydrogen (secondary N) is 1. The predicted octanol–water partition coefficient (Wildman–Crippen LogP) is 4.25. The van der Waals surface area contributed by atoms with Crippen molar-refractivity contribution in [2.75, 3.05) is 11.1 Å². The molecule has 1 aromatic carbocycles. The van der Waals surface area contributed by atoms with E-state index in [1.165, 1.54) is 17.4 Å².